The van der Waals surface area contributed by atoms with Crippen LogP contribution in [0, 0.1) is 0 Å². The van der Waals surface area contributed by atoms with Crippen LogP contribution in [0.2, 0.25) is 0 Å². The Balaban J connectivity index is 0.708. The van der Waals surface area contributed by atoms with Gasteiger partial charge in [-0.05, 0) is 255 Å². The molecule has 2 aliphatic carbocycles. The third-order valence-electron chi connectivity index (χ3n) is 25.6. The van der Waals surface area contributed by atoms with Gasteiger partial charge in [0.2, 0.25) is 13.4 Å². The van der Waals surface area contributed by atoms with Gasteiger partial charge in [-0.1, -0.05) is 240 Å². The van der Waals surface area contributed by atoms with Crippen LogP contribution in [0.3, 0.4) is 0 Å². The van der Waals surface area contributed by atoms with Crippen LogP contribution in [0.4, 0.5) is 34.1 Å². The van der Waals surface area contributed by atoms with Gasteiger partial charge < -0.3 is 9.80 Å². The minimum absolute atomic E-state index is 0.00343. The summed E-state index contributed by atoms with van der Waals surface area (Å²) in [6.07, 6.45) is 5.56. The van der Waals surface area contributed by atoms with Gasteiger partial charge in [0.1, 0.15) is 0 Å². The molecule has 2 nitrogen and oxygen atoms in total. The van der Waals surface area contributed by atoms with Crippen molar-refractivity contribution in [1.29, 1.82) is 0 Å². The van der Waals surface area contributed by atoms with Gasteiger partial charge >= 0.3 is 0 Å². The number of fused-ring (bicyclic) bond motifs is 18. The highest BCUT2D eigenvalue weighted by molar-refractivity contribution is 7.26. The van der Waals surface area contributed by atoms with Gasteiger partial charge in [0.25, 0.3) is 0 Å². The molecule has 6 aliphatic rings. The molecule has 2 aromatic heterocycles. The van der Waals surface area contributed by atoms with Crippen LogP contribution in [0.1, 0.15) is 155 Å². The molecule has 1 atom stereocenters. The van der Waals surface area contributed by atoms with Crippen molar-refractivity contribution < 1.29 is 0 Å². The Hall–Kier alpha value is -9.19. The van der Waals surface area contributed by atoms with Crippen molar-refractivity contribution in [2.24, 2.45) is 0 Å². The van der Waals surface area contributed by atoms with Crippen molar-refractivity contribution in [2.45, 2.75) is 155 Å². The minimum Gasteiger partial charge on any atom is -0.311 e. The van der Waals surface area contributed by atoms with Gasteiger partial charge in [-0.25, -0.2) is 0 Å². The summed E-state index contributed by atoms with van der Waals surface area (Å²) in [7, 11) is 0. The molecule has 0 bridgehead atoms. The topological polar surface area (TPSA) is 6.48 Å². The van der Waals surface area contributed by atoms with Crippen LogP contribution in [0.5, 0.6) is 0 Å². The van der Waals surface area contributed by atoms with E-state index in [1.54, 1.807) is 0 Å². The van der Waals surface area contributed by atoms with E-state index < -0.39 is 0 Å². The summed E-state index contributed by atoms with van der Waals surface area (Å²) in [5.41, 5.74) is 36.8. The van der Waals surface area contributed by atoms with E-state index in [4.69, 9.17) is 0 Å². The number of hydrogen-bond acceptors (Lipinski definition) is 4. The summed E-state index contributed by atoms with van der Waals surface area (Å²) in [5.74, 6) is 0. The summed E-state index contributed by atoms with van der Waals surface area (Å²) in [4.78, 5) is 5.35. The predicted octanol–water partition coefficient (Wildman–Crippen LogP) is 22.8. The van der Waals surface area contributed by atoms with Gasteiger partial charge in [0, 0.05) is 74.5 Å². The molecule has 4 aliphatic heterocycles. The summed E-state index contributed by atoms with van der Waals surface area (Å²) in [6, 6.07) is 89.5. The van der Waals surface area contributed by atoms with Crippen molar-refractivity contribution in [3.8, 4) is 44.5 Å². The third-order valence-corrected chi connectivity index (χ3v) is 27.8. The molecule has 102 heavy (non-hydrogen) atoms. The smallest absolute Gasteiger partial charge is 0.248 e. The molecule has 6 heterocycles. The maximum absolute atomic E-state index is 2.75. The summed E-state index contributed by atoms with van der Waals surface area (Å²) in [5, 5.41) is 5.36. The second-order valence-electron chi connectivity index (χ2n) is 35.5. The molecular weight excluding hydrogens is 1270 g/mol. The molecule has 0 spiro atoms. The highest BCUT2D eigenvalue weighted by Gasteiger charge is 2.49. The Morgan fingerprint density at radius 1 is 0.333 bits per heavy atom. The lowest BCUT2D eigenvalue weighted by atomic mass is 9.36. The van der Waals surface area contributed by atoms with E-state index in [0.29, 0.717) is 0 Å². The highest BCUT2D eigenvalue weighted by Crippen LogP contribution is 2.55. The number of benzene rings is 12. The van der Waals surface area contributed by atoms with Crippen molar-refractivity contribution >= 4 is 143 Å². The fourth-order valence-corrected chi connectivity index (χ4v) is 22.0. The maximum atomic E-state index is 2.75. The van der Waals surface area contributed by atoms with Gasteiger partial charge in [-0.3, -0.25) is 0 Å². The predicted molar refractivity (Wildman–Crippen MR) is 445 cm³/mol. The first kappa shape index (κ1) is 62.6. The average molecular weight is 1350 g/mol. The van der Waals surface area contributed by atoms with Crippen molar-refractivity contribution in [3.05, 3.63) is 263 Å². The average Bonchev–Trinajstić information content (AvgIpc) is 1.46. The quantitative estimate of drug-likeness (QED) is 0.153. The second-order valence-corrected chi connectivity index (χ2v) is 37.6. The van der Waals surface area contributed by atoms with Gasteiger partial charge in [-0.15, -0.1) is 22.7 Å². The van der Waals surface area contributed by atoms with E-state index in [2.05, 4.69) is 324 Å². The number of anilines is 6. The Morgan fingerprint density at radius 2 is 0.843 bits per heavy atom. The zero-order chi connectivity index (χ0) is 69.6. The van der Waals surface area contributed by atoms with Crippen LogP contribution in [-0.4, -0.2) is 13.4 Å². The summed E-state index contributed by atoms with van der Waals surface area (Å²) in [6.45, 7) is 31.9. The SMILES string of the molecule is CC(C)(C)c1cccc(N2c3cc(C(C)(C)C)ccc3B3c4ccccc4-c4cc(-c5ccc6c(c5)sc5cc(CC7(C)CCC(C)(C)c8cc9c(cc87)B7c8ccccc8-c8cc(-c%10ccc%11c(c%10)sc%10ccccc%10%11)cc(c87)N9c7ccc8c(c7)C(C)(C)CCC8(C)C)ccc56)cc2c43)c1. The molecule has 0 amide bonds. The summed E-state index contributed by atoms with van der Waals surface area (Å²) < 4.78 is 5.38. The molecule has 14 aromatic rings. The molecular formula is C96H86B2N2S2. The minimum atomic E-state index is -0.109. The van der Waals surface area contributed by atoms with Crippen LogP contribution < -0.4 is 42.6 Å². The summed E-state index contributed by atoms with van der Waals surface area (Å²) >= 11 is 3.88. The standard InChI is InChI=1S/C96H86B2N2S2/c1-91(2,3)61-21-20-22-63(50-61)99-81-51-62(92(4,5)6)32-38-79(81)97-77-26-17-14-23-65(77)71-44-59(46-83(99)89(71)97)58-31-36-70-68-34-29-56(43-86(68)102-88(70)49-58)55-96(13)42-41-95(11,12)75-54-82-80(53-76(75)96)98-78-27-18-15-24-66(78)72-45-60(57-30-35-69-67-25-16-19-28-85(67)101-87(69)48-57)47-84(90(72)98)100(82)64-33-37-73-74(52-64)94(9,10)40-39-93(73,7)8/h14-38,43-54H,39-42,55H2,1-13H3. The van der Waals surface area contributed by atoms with Crippen LogP contribution in [0.15, 0.2) is 224 Å². The van der Waals surface area contributed by atoms with Crippen LogP contribution >= 0.6 is 22.7 Å². The Kier molecular flexibility index (Phi) is 13.2. The highest BCUT2D eigenvalue weighted by atomic mass is 32.1. The molecule has 1 unspecified atom stereocenters. The second kappa shape index (κ2) is 21.5. The van der Waals surface area contributed by atoms with E-state index >= 15 is 0 Å². The van der Waals surface area contributed by atoms with E-state index in [-0.39, 0.29) is 45.9 Å². The molecule has 0 saturated carbocycles. The Bertz CT molecular complexity index is 6000. The first-order chi connectivity index (χ1) is 48.9. The third kappa shape index (κ3) is 9.22. The lowest BCUT2D eigenvalue weighted by molar-refractivity contribution is 0.310. The van der Waals surface area contributed by atoms with E-state index in [9.17, 15) is 0 Å². The van der Waals surface area contributed by atoms with Crippen molar-refractivity contribution in [3.63, 3.8) is 0 Å². The van der Waals surface area contributed by atoms with Crippen molar-refractivity contribution in [2.75, 3.05) is 9.80 Å². The monoisotopic (exact) mass is 1350 g/mol. The van der Waals surface area contributed by atoms with Crippen LogP contribution in [0.25, 0.3) is 84.9 Å². The maximum Gasteiger partial charge on any atom is 0.248 e. The zero-order valence-electron chi connectivity index (χ0n) is 61.3. The number of nitrogens with zero attached hydrogens (tertiary/aromatic N) is 2. The molecule has 0 N–H and O–H groups in total. The number of rotatable bonds is 6. The van der Waals surface area contributed by atoms with Gasteiger partial charge in [-0.2, -0.15) is 0 Å². The number of hydrogen-bond donors (Lipinski definition) is 0. The van der Waals surface area contributed by atoms with Crippen LogP contribution in [-0.2, 0) is 38.9 Å². The molecule has 20 rings (SSSR count). The molecule has 0 fully saturated rings. The first-order valence-electron chi connectivity index (χ1n) is 37.5. The Morgan fingerprint density at radius 3 is 1.48 bits per heavy atom. The molecule has 6 heteroatoms. The molecule has 0 saturated heterocycles. The lowest BCUT2D eigenvalue weighted by Crippen LogP contribution is -2.55. The first-order valence-corrected chi connectivity index (χ1v) is 39.1. The van der Waals surface area contributed by atoms with Gasteiger partial charge in [0.05, 0.1) is 0 Å². The lowest BCUT2D eigenvalue weighted by Gasteiger charge is -2.47. The molecule has 498 valence electrons. The fourth-order valence-electron chi connectivity index (χ4n) is 19.7. The van der Waals surface area contributed by atoms with Crippen molar-refractivity contribution in [1.82, 2.24) is 0 Å². The van der Waals surface area contributed by atoms with E-state index in [1.165, 1.54) is 204 Å². The van der Waals surface area contributed by atoms with E-state index in [0.717, 1.165) is 19.3 Å². The zero-order valence-corrected chi connectivity index (χ0v) is 62.9. The van der Waals surface area contributed by atoms with E-state index in [1.807, 2.05) is 22.7 Å². The molecule has 12 aromatic carbocycles. The van der Waals surface area contributed by atoms with Gasteiger partial charge in [0.15, 0.2) is 0 Å². The number of thiophene rings is 2. The molecule has 0 radical (unpaired) electrons. The normalized spacial score (nSPS) is 17.7. The largest absolute Gasteiger partial charge is 0.311 e. The Labute approximate surface area is 611 Å². The fraction of sp³-hybridized carbons (Fsp3) is 0.250.